The second kappa shape index (κ2) is 3.02. The monoisotopic (exact) mass is 168 g/mol. The van der Waals surface area contributed by atoms with Crippen LogP contribution in [0.4, 0.5) is 0 Å². The van der Waals surface area contributed by atoms with Crippen molar-refractivity contribution < 1.29 is 20.1 Å². The molecule has 10 heavy (non-hydrogen) atoms. The third-order valence-corrected chi connectivity index (χ3v) is 1.82. The van der Waals surface area contributed by atoms with E-state index in [4.69, 9.17) is 26.9 Å². The molecule has 1 aliphatic rings. The summed E-state index contributed by atoms with van der Waals surface area (Å²) in [5, 5.41) is 26.0. The van der Waals surface area contributed by atoms with Crippen LogP contribution >= 0.6 is 11.6 Å². The minimum absolute atomic E-state index is 0.0565. The maximum atomic E-state index is 8.99. The van der Waals surface area contributed by atoms with Crippen molar-refractivity contribution in [2.75, 3.05) is 6.61 Å². The van der Waals surface area contributed by atoms with Gasteiger partial charge in [-0.15, -0.1) is 11.6 Å². The van der Waals surface area contributed by atoms with Gasteiger partial charge in [0.25, 0.3) is 0 Å². The Kier molecular flexibility index (Phi) is 2.49. The zero-order chi connectivity index (χ0) is 7.72. The quantitative estimate of drug-likeness (QED) is 0.392. The molecular weight excluding hydrogens is 160 g/mol. The van der Waals surface area contributed by atoms with E-state index in [1.807, 2.05) is 0 Å². The Morgan fingerprint density at radius 2 is 1.80 bits per heavy atom. The van der Waals surface area contributed by atoms with Crippen LogP contribution in [0.3, 0.4) is 0 Å². The zero-order valence-electron chi connectivity index (χ0n) is 5.14. The number of rotatable bonds is 0. The van der Waals surface area contributed by atoms with Gasteiger partial charge in [0.2, 0.25) is 0 Å². The van der Waals surface area contributed by atoms with Crippen molar-refractivity contribution in [3.63, 3.8) is 0 Å². The maximum Gasteiger partial charge on any atom is 0.183 e. The summed E-state index contributed by atoms with van der Waals surface area (Å²) < 4.78 is 4.59. The number of aliphatic hydroxyl groups is 3. The lowest BCUT2D eigenvalue weighted by atomic mass is 10.1. The SMILES string of the molecule is O[C@@H]1[C@@H](O)[C@@H](Cl)CO[C@H]1O. The fraction of sp³-hybridized carbons (Fsp3) is 1.00. The molecule has 1 aliphatic heterocycles. The zero-order valence-corrected chi connectivity index (χ0v) is 5.90. The topological polar surface area (TPSA) is 69.9 Å². The van der Waals surface area contributed by atoms with E-state index in [2.05, 4.69) is 4.74 Å². The second-order valence-electron chi connectivity index (χ2n) is 2.22. The van der Waals surface area contributed by atoms with Crippen LogP contribution in [-0.2, 0) is 4.74 Å². The standard InChI is InChI=1S/C5H9ClO4/c6-2-1-10-5(9)4(8)3(2)7/h2-5,7-9H,1H2/t2-,3-,4+,5+/m0/s1. The Hall–Kier alpha value is 0.130. The maximum absolute atomic E-state index is 8.99. The van der Waals surface area contributed by atoms with Crippen molar-refractivity contribution >= 4 is 11.6 Å². The molecule has 0 spiro atoms. The van der Waals surface area contributed by atoms with Gasteiger partial charge in [0, 0.05) is 0 Å². The van der Waals surface area contributed by atoms with Crippen molar-refractivity contribution in [3.8, 4) is 0 Å². The number of ether oxygens (including phenoxy) is 1. The van der Waals surface area contributed by atoms with Gasteiger partial charge in [-0.05, 0) is 0 Å². The summed E-state index contributed by atoms with van der Waals surface area (Å²) in [6, 6.07) is 0. The predicted octanol–water partition coefficient (Wildman–Crippen LogP) is -1.34. The van der Waals surface area contributed by atoms with E-state index < -0.39 is 23.9 Å². The molecule has 0 aromatic heterocycles. The summed E-state index contributed by atoms with van der Waals surface area (Å²) >= 11 is 5.48. The van der Waals surface area contributed by atoms with Crippen LogP contribution in [0.1, 0.15) is 0 Å². The van der Waals surface area contributed by atoms with Crippen molar-refractivity contribution in [2.45, 2.75) is 23.9 Å². The molecule has 0 aliphatic carbocycles. The first kappa shape index (κ1) is 8.23. The van der Waals surface area contributed by atoms with Crippen LogP contribution in [0.15, 0.2) is 0 Å². The molecule has 0 aromatic carbocycles. The van der Waals surface area contributed by atoms with E-state index >= 15 is 0 Å². The lowest BCUT2D eigenvalue weighted by Gasteiger charge is -2.31. The number of hydrogen-bond donors (Lipinski definition) is 3. The number of alkyl halides is 1. The molecule has 0 bridgehead atoms. The van der Waals surface area contributed by atoms with Gasteiger partial charge in [0.15, 0.2) is 6.29 Å². The van der Waals surface area contributed by atoms with Crippen LogP contribution in [0, 0.1) is 0 Å². The average Bonchev–Trinajstić information content (AvgIpc) is 1.93. The van der Waals surface area contributed by atoms with Crippen LogP contribution in [0.5, 0.6) is 0 Å². The lowest BCUT2D eigenvalue weighted by Crippen LogP contribution is -2.50. The normalized spacial score (nSPS) is 49.2. The molecule has 3 N–H and O–H groups in total. The van der Waals surface area contributed by atoms with E-state index in [0.29, 0.717) is 0 Å². The molecular formula is C5H9ClO4. The van der Waals surface area contributed by atoms with Crippen molar-refractivity contribution in [1.82, 2.24) is 0 Å². The summed E-state index contributed by atoms with van der Waals surface area (Å²) in [5.41, 5.74) is 0. The highest BCUT2D eigenvalue weighted by atomic mass is 35.5. The smallest absolute Gasteiger partial charge is 0.183 e. The van der Waals surface area contributed by atoms with Crippen LogP contribution in [0.25, 0.3) is 0 Å². The predicted molar refractivity (Wildman–Crippen MR) is 33.6 cm³/mol. The number of halogens is 1. The average molecular weight is 169 g/mol. The van der Waals surface area contributed by atoms with E-state index in [1.165, 1.54) is 0 Å². The molecule has 60 valence electrons. The van der Waals surface area contributed by atoms with Gasteiger partial charge in [-0.25, -0.2) is 0 Å². The van der Waals surface area contributed by atoms with E-state index in [9.17, 15) is 0 Å². The molecule has 0 amide bonds. The summed E-state index contributed by atoms with van der Waals surface area (Å²) in [4.78, 5) is 0. The number of aliphatic hydroxyl groups excluding tert-OH is 3. The van der Waals surface area contributed by atoms with Gasteiger partial charge < -0.3 is 20.1 Å². The lowest BCUT2D eigenvalue weighted by molar-refractivity contribution is -0.217. The second-order valence-corrected chi connectivity index (χ2v) is 2.78. The molecule has 0 saturated carbocycles. The summed E-state index contributed by atoms with van der Waals surface area (Å²) in [6.45, 7) is 0.0565. The molecule has 4 atom stereocenters. The third kappa shape index (κ3) is 1.41. The van der Waals surface area contributed by atoms with E-state index in [1.54, 1.807) is 0 Å². The Labute approximate surface area is 63.0 Å². The molecule has 0 unspecified atom stereocenters. The fourth-order valence-corrected chi connectivity index (χ4v) is 0.992. The fourth-order valence-electron chi connectivity index (χ4n) is 0.770. The van der Waals surface area contributed by atoms with Crippen molar-refractivity contribution in [2.24, 2.45) is 0 Å². The molecule has 1 saturated heterocycles. The van der Waals surface area contributed by atoms with Crippen molar-refractivity contribution in [1.29, 1.82) is 0 Å². The van der Waals surface area contributed by atoms with Gasteiger partial charge in [-0.3, -0.25) is 0 Å². The molecule has 1 rings (SSSR count). The summed E-state index contributed by atoms with van der Waals surface area (Å²) in [6.07, 6.45) is -3.72. The molecule has 0 aromatic rings. The van der Waals surface area contributed by atoms with E-state index in [0.717, 1.165) is 0 Å². The largest absolute Gasteiger partial charge is 0.389 e. The Balaban J connectivity index is 2.52. The minimum atomic E-state index is -1.31. The summed E-state index contributed by atoms with van der Waals surface area (Å²) in [7, 11) is 0. The van der Waals surface area contributed by atoms with Gasteiger partial charge in [-0.1, -0.05) is 0 Å². The Morgan fingerprint density at radius 1 is 1.20 bits per heavy atom. The Bertz CT molecular complexity index is 106. The third-order valence-electron chi connectivity index (χ3n) is 1.44. The van der Waals surface area contributed by atoms with E-state index in [-0.39, 0.29) is 6.61 Å². The van der Waals surface area contributed by atoms with Crippen LogP contribution in [0.2, 0.25) is 0 Å². The minimum Gasteiger partial charge on any atom is -0.389 e. The first-order valence-corrected chi connectivity index (χ1v) is 3.36. The molecule has 1 fully saturated rings. The summed E-state index contributed by atoms with van der Waals surface area (Å²) in [5.74, 6) is 0. The highest BCUT2D eigenvalue weighted by molar-refractivity contribution is 6.21. The highest BCUT2D eigenvalue weighted by Gasteiger charge is 2.36. The van der Waals surface area contributed by atoms with Crippen LogP contribution in [-0.4, -0.2) is 45.8 Å². The Morgan fingerprint density at radius 3 is 2.30 bits per heavy atom. The molecule has 0 radical (unpaired) electrons. The molecule has 4 nitrogen and oxygen atoms in total. The van der Waals surface area contributed by atoms with Crippen LogP contribution < -0.4 is 0 Å². The first-order valence-electron chi connectivity index (χ1n) is 2.93. The van der Waals surface area contributed by atoms with Crippen molar-refractivity contribution in [3.05, 3.63) is 0 Å². The van der Waals surface area contributed by atoms with Gasteiger partial charge >= 0.3 is 0 Å². The highest BCUT2D eigenvalue weighted by Crippen LogP contribution is 2.17. The van der Waals surface area contributed by atoms with Gasteiger partial charge in [0.1, 0.15) is 12.2 Å². The number of hydrogen-bond acceptors (Lipinski definition) is 4. The van der Waals surface area contributed by atoms with Gasteiger partial charge in [0.05, 0.1) is 12.0 Å². The molecule has 1 heterocycles. The first-order chi connectivity index (χ1) is 4.63. The molecule has 5 heteroatoms. The van der Waals surface area contributed by atoms with Gasteiger partial charge in [-0.2, -0.15) is 0 Å².